The van der Waals surface area contributed by atoms with Gasteiger partial charge in [0.05, 0.1) is 5.41 Å². The van der Waals surface area contributed by atoms with E-state index in [0.717, 1.165) is 5.39 Å². The van der Waals surface area contributed by atoms with E-state index in [4.69, 9.17) is 0 Å². The fourth-order valence-electron chi connectivity index (χ4n) is 7.40. The molecule has 0 radical (unpaired) electrons. The number of rotatable bonds is 0. The smallest absolute Gasteiger partial charge is 0.116 e. The summed E-state index contributed by atoms with van der Waals surface area (Å²) in [5, 5.41) is 20.1. The molecule has 6 aromatic carbocycles. The molecule has 3 aliphatic carbocycles. The van der Waals surface area contributed by atoms with Crippen molar-refractivity contribution in [3.05, 3.63) is 148 Å². The summed E-state index contributed by atoms with van der Waals surface area (Å²) in [4.78, 5) is 0. The Morgan fingerprint density at radius 3 is 1.89 bits per heavy atom. The summed E-state index contributed by atoms with van der Waals surface area (Å²) in [5.74, 6) is 0.298. The minimum atomic E-state index is -0.322. The molecule has 0 unspecified atom stereocenters. The second-order valence-corrected chi connectivity index (χ2v) is 10.7. The third-order valence-corrected chi connectivity index (χ3v) is 8.87. The molecule has 1 nitrogen and oxygen atoms in total. The van der Waals surface area contributed by atoms with Gasteiger partial charge in [-0.2, -0.15) is 0 Å². The van der Waals surface area contributed by atoms with Gasteiger partial charge in [0.2, 0.25) is 0 Å². The predicted molar refractivity (Wildman–Crippen MR) is 158 cm³/mol. The molecule has 6 aromatic rings. The fourth-order valence-corrected chi connectivity index (χ4v) is 7.40. The standard InChI is InChI=1S/C37H22O/c38-24-15-16-27-32(20-24)26-10-2-1-9-25(26)31-19-23-18-22-8-7-17-37(36(22)30(23)21-33(27)31)34-13-5-3-11-28(34)29-12-4-6-14-35(29)37/h1-21,38H. The molecule has 0 aliphatic heterocycles. The van der Waals surface area contributed by atoms with Crippen LogP contribution in [0.4, 0.5) is 0 Å². The van der Waals surface area contributed by atoms with Crippen molar-refractivity contribution in [1.29, 1.82) is 0 Å². The number of fused-ring (bicyclic) bond motifs is 14. The van der Waals surface area contributed by atoms with Gasteiger partial charge in [0, 0.05) is 0 Å². The Labute approximate surface area is 219 Å². The van der Waals surface area contributed by atoms with Gasteiger partial charge in [-0.25, -0.2) is 0 Å². The molecule has 0 heterocycles. The van der Waals surface area contributed by atoms with Crippen molar-refractivity contribution < 1.29 is 5.11 Å². The summed E-state index contributed by atoms with van der Waals surface area (Å²) in [7, 11) is 0. The third-order valence-electron chi connectivity index (χ3n) is 8.87. The Kier molecular flexibility index (Phi) is 3.67. The van der Waals surface area contributed by atoms with Crippen LogP contribution in [0.3, 0.4) is 0 Å². The van der Waals surface area contributed by atoms with E-state index in [0.29, 0.717) is 5.75 Å². The average Bonchev–Trinajstić information content (AvgIpc) is 3.47. The van der Waals surface area contributed by atoms with Gasteiger partial charge < -0.3 is 5.11 Å². The van der Waals surface area contributed by atoms with Crippen molar-refractivity contribution in [2.75, 3.05) is 0 Å². The molecule has 0 fully saturated rings. The van der Waals surface area contributed by atoms with Crippen molar-refractivity contribution in [1.82, 2.24) is 0 Å². The largest absolute Gasteiger partial charge is 0.508 e. The van der Waals surface area contributed by atoms with Crippen LogP contribution in [0.15, 0.2) is 127 Å². The van der Waals surface area contributed by atoms with Crippen LogP contribution in [0, 0.1) is 0 Å². The quantitative estimate of drug-likeness (QED) is 0.226. The Balaban J connectivity index is 1.50. The number of hydrogen-bond acceptors (Lipinski definition) is 1. The summed E-state index contributed by atoms with van der Waals surface area (Å²) < 4.78 is 0. The normalized spacial score (nSPS) is 15.9. The first-order valence-corrected chi connectivity index (χ1v) is 13.2. The second kappa shape index (κ2) is 6.90. The summed E-state index contributed by atoms with van der Waals surface area (Å²) in [6.07, 6.45) is 9.28. The zero-order chi connectivity index (χ0) is 25.0. The molecule has 0 atom stereocenters. The molecule has 1 N–H and O–H groups in total. The van der Waals surface area contributed by atoms with Crippen LogP contribution in [0.5, 0.6) is 5.75 Å². The molecule has 3 aliphatic rings. The Morgan fingerprint density at radius 1 is 0.553 bits per heavy atom. The maximum atomic E-state index is 10.4. The van der Waals surface area contributed by atoms with Gasteiger partial charge in [0.15, 0.2) is 0 Å². The number of phenolic OH excluding ortho intramolecular Hbond substituents is 1. The first kappa shape index (κ1) is 20.2. The lowest BCUT2D eigenvalue weighted by Crippen LogP contribution is -2.33. The molecule has 0 bridgehead atoms. The van der Waals surface area contributed by atoms with E-state index < -0.39 is 0 Å². The van der Waals surface area contributed by atoms with Crippen LogP contribution in [-0.2, 0) is 5.41 Å². The van der Waals surface area contributed by atoms with E-state index in [9.17, 15) is 5.11 Å². The zero-order valence-corrected chi connectivity index (χ0v) is 20.6. The van der Waals surface area contributed by atoms with Crippen LogP contribution in [0.25, 0.3) is 55.1 Å². The number of hydrogen-bond donors (Lipinski definition) is 1. The van der Waals surface area contributed by atoms with E-state index in [1.54, 1.807) is 0 Å². The molecule has 1 heteroatoms. The highest BCUT2D eigenvalue weighted by Crippen LogP contribution is 2.57. The van der Waals surface area contributed by atoms with Crippen LogP contribution < -0.4 is 10.4 Å². The number of benzene rings is 6. The molecule has 176 valence electrons. The van der Waals surface area contributed by atoms with Crippen molar-refractivity contribution >= 4 is 44.0 Å². The first-order chi connectivity index (χ1) is 18.7. The van der Waals surface area contributed by atoms with Gasteiger partial charge in [-0.05, 0) is 106 Å². The van der Waals surface area contributed by atoms with Crippen molar-refractivity contribution in [3.63, 3.8) is 0 Å². The van der Waals surface area contributed by atoms with Gasteiger partial charge in [-0.3, -0.25) is 0 Å². The minimum absolute atomic E-state index is 0.298. The van der Waals surface area contributed by atoms with E-state index in [1.165, 1.54) is 70.8 Å². The van der Waals surface area contributed by atoms with Crippen molar-refractivity contribution in [2.24, 2.45) is 0 Å². The lowest BCUT2D eigenvalue weighted by molar-refractivity contribution is 0.476. The third kappa shape index (κ3) is 2.33. The lowest BCUT2D eigenvalue weighted by Gasteiger charge is -2.34. The van der Waals surface area contributed by atoms with Gasteiger partial charge in [0.1, 0.15) is 5.75 Å². The molecule has 0 saturated carbocycles. The van der Waals surface area contributed by atoms with Gasteiger partial charge in [-0.15, -0.1) is 0 Å². The lowest BCUT2D eigenvalue weighted by atomic mass is 9.67. The average molecular weight is 483 g/mol. The van der Waals surface area contributed by atoms with E-state index in [-0.39, 0.29) is 5.41 Å². The SMILES string of the molecule is Oc1ccc2c(c1)c1ccccc1c1cc3c(cc21)=C1C(=CC=CC12c1ccccc1-c1ccccc12)C=3. The molecular weight excluding hydrogens is 460 g/mol. The van der Waals surface area contributed by atoms with Crippen LogP contribution in [-0.4, -0.2) is 5.11 Å². The summed E-state index contributed by atoms with van der Waals surface area (Å²) in [5.41, 5.74) is 7.69. The van der Waals surface area contributed by atoms with Crippen LogP contribution >= 0.6 is 0 Å². The Morgan fingerprint density at radius 2 is 1.16 bits per heavy atom. The van der Waals surface area contributed by atoms with E-state index in [2.05, 4.69) is 115 Å². The number of allylic oxidation sites excluding steroid dienone is 4. The second-order valence-electron chi connectivity index (χ2n) is 10.7. The van der Waals surface area contributed by atoms with Gasteiger partial charge in [0.25, 0.3) is 0 Å². The van der Waals surface area contributed by atoms with Gasteiger partial charge >= 0.3 is 0 Å². The highest BCUT2D eigenvalue weighted by molar-refractivity contribution is 6.25. The Hall–Kier alpha value is -4.88. The van der Waals surface area contributed by atoms with Crippen LogP contribution in [0.2, 0.25) is 0 Å². The molecular formula is C37H22O. The molecule has 0 saturated heterocycles. The predicted octanol–water partition coefficient (Wildman–Crippen LogP) is 7.26. The molecule has 0 amide bonds. The zero-order valence-electron chi connectivity index (χ0n) is 20.6. The van der Waals surface area contributed by atoms with Crippen molar-refractivity contribution in [3.8, 4) is 16.9 Å². The topological polar surface area (TPSA) is 20.2 Å². The number of phenols is 1. The molecule has 1 spiro atoms. The van der Waals surface area contributed by atoms with E-state index >= 15 is 0 Å². The molecule has 9 rings (SSSR count). The Bertz CT molecular complexity index is 2200. The molecule has 0 aromatic heterocycles. The van der Waals surface area contributed by atoms with E-state index in [1.807, 2.05) is 12.1 Å². The maximum absolute atomic E-state index is 10.4. The minimum Gasteiger partial charge on any atom is -0.508 e. The monoisotopic (exact) mass is 482 g/mol. The fraction of sp³-hybridized carbons (Fsp3) is 0.0270. The summed E-state index contributed by atoms with van der Waals surface area (Å²) in [6, 6.07) is 36.9. The first-order valence-electron chi connectivity index (χ1n) is 13.2. The highest BCUT2D eigenvalue weighted by atomic mass is 16.3. The summed E-state index contributed by atoms with van der Waals surface area (Å²) >= 11 is 0. The van der Waals surface area contributed by atoms with Gasteiger partial charge in [-0.1, -0.05) is 97.1 Å². The molecule has 38 heavy (non-hydrogen) atoms. The van der Waals surface area contributed by atoms with Crippen LogP contribution in [0.1, 0.15) is 11.1 Å². The summed E-state index contributed by atoms with van der Waals surface area (Å²) in [6.45, 7) is 0. The number of aromatic hydroxyl groups is 1. The maximum Gasteiger partial charge on any atom is 0.116 e. The highest BCUT2D eigenvalue weighted by Gasteiger charge is 2.46. The van der Waals surface area contributed by atoms with Crippen molar-refractivity contribution in [2.45, 2.75) is 5.41 Å².